The summed E-state index contributed by atoms with van der Waals surface area (Å²) in [6, 6.07) is 6.78. The maximum absolute atomic E-state index is 12.1. The number of carbonyl (C=O) groups is 2. The van der Waals surface area contributed by atoms with Crippen LogP contribution in [0.5, 0.6) is 0 Å². The molecular weight excluding hydrogens is 312 g/mol. The number of hydrogen-bond acceptors (Lipinski definition) is 5. The molecule has 0 spiro atoms. The van der Waals surface area contributed by atoms with Gasteiger partial charge in [-0.15, -0.1) is 11.3 Å². The van der Waals surface area contributed by atoms with Gasteiger partial charge in [-0.25, -0.2) is 4.98 Å². The van der Waals surface area contributed by atoms with Crippen molar-refractivity contribution in [3.05, 3.63) is 45.4 Å². The smallest absolute Gasteiger partial charge is 0.234 e. The van der Waals surface area contributed by atoms with Gasteiger partial charge in [0.1, 0.15) is 5.01 Å². The van der Waals surface area contributed by atoms with Crippen LogP contribution in [-0.4, -0.2) is 16.9 Å². The Labute approximate surface area is 130 Å². The molecule has 0 bridgehead atoms. The van der Waals surface area contributed by atoms with E-state index >= 15 is 0 Å². The third kappa shape index (κ3) is 4.27. The standard InChI is InChI=1S/C14H13ClN2O3S/c1-8(14-17-11(7-21-14)6-12(18)19)13(20)16-10-4-2-9(15)3-5-10/h2-5,7-8H,6H2,1H3,(H,16,20)(H,18,19)/p-1/t8-/m1/s1. The zero-order chi connectivity index (χ0) is 15.4. The summed E-state index contributed by atoms with van der Waals surface area (Å²) in [6.07, 6.45) is -0.248. The summed E-state index contributed by atoms with van der Waals surface area (Å²) in [5, 5.41) is 16.1. The summed E-state index contributed by atoms with van der Waals surface area (Å²) in [7, 11) is 0. The minimum Gasteiger partial charge on any atom is -0.550 e. The zero-order valence-electron chi connectivity index (χ0n) is 11.1. The summed E-state index contributed by atoms with van der Waals surface area (Å²) in [6.45, 7) is 1.72. The third-order valence-corrected chi connectivity index (χ3v) is 4.10. The van der Waals surface area contributed by atoms with Crippen molar-refractivity contribution in [1.82, 2.24) is 4.98 Å². The lowest BCUT2D eigenvalue weighted by Crippen LogP contribution is -2.24. The highest BCUT2D eigenvalue weighted by Gasteiger charge is 2.19. The Hall–Kier alpha value is -1.92. The molecule has 0 unspecified atom stereocenters. The molecule has 5 nitrogen and oxygen atoms in total. The molecule has 0 fully saturated rings. The summed E-state index contributed by atoms with van der Waals surface area (Å²) in [5.74, 6) is -1.88. The molecule has 0 aliphatic heterocycles. The maximum atomic E-state index is 12.1. The molecule has 1 N–H and O–H groups in total. The number of anilines is 1. The van der Waals surface area contributed by atoms with Crippen molar-refractivity contribution < 1.29 is 14.7 Å². The van der Waals surface area contributed by atoms with Gasteiger partial charge in [-0.05, 0) is 31.2 Å². The second-order valence-corrected chi connectivity index (χ2v) is 5.77. The number of thiazole rings is 1. The Bertz CT molecular complexity index is 654. The van der Waals surface area contributed by atoms with Gasteiger partial charge in [0.2, 0.25) is 5.91 Å². The number of rotatable bonds is 5. The van der Waals surface area contributed by atoms with Gasteiger partial charge < -0.3 is 15.2 Å². The van der Waals surface area contributed by atoms with Crippen molar-refractivity contribution in [2.75, 3.05) is 5.32 Å². The van der Waals surface area contributed by atoms with Gasteiger partial charge in [0.25, 0.3) is 0 Å². The number of carbonyl (C=O) groups excluding carboxylic acids is 2. The van der Waals surface area contributed by atoms with E-state index in [-0.39, 0.29) is 12.3 Å². The van der Waals surface area contributed by atoms with Gasteiger partial charge in [-0.3, -0.25) is 4.79 Å². The van der Waals surface area contributed by atoms with E-state index in [1.54, 1.807) is 36.6 Å². The number of carboxylic acids is 1. The maximum Gasteiger partial charge on any atom is 0.234 e. The average Bonchev–Trinajstić information content (AvgIpc) is 2.88. The largest absolute Gasteiger partial charge is 0.550 e. The van der Waals surface area contributed by atoms with Crippen LogP contribution in [0.15, 0.2) is 29.6 Å². The van der Waals surface area contributed by atoms with Crippen LogP contribution in [0.3, 0.4) is 0 Å². The quantitative estimate of drug-likeness (QED) is 0.910. The second kappa shape index (κ2) is 6.69. The van der Waals surface area contributed by atoms with Gasteiger partial charge >= 0.3 is 0 Å². The summed E-state index contributed by atoms with van der Waals surface area (Å²) in [5.41, 5.74) is 1.05. The van der Waals surface area contributed by atoms with E-state index in [2.05, 4.69) is 10.3 Å². The SMILES string of the molecule is C[C@H](C(=O)Nc1ccc(Cl)cc1)c1nc(CC(=O)[O-])cs1. The monoisotopic (exact) mass is 323 g/mol. The first-order valence-corrected chi connectivity index (χ1v) is 7.42. The van der Waals surface area contributed by atoms with Crippen molar-refractivity contribution in [2.24, 2.45) is 0 Å². The minimum atomic E-state index is -1.19. The summed E-state index contributed by atoms with van der Waals surface area (Å²) < 4.78 is 0. The van der Waals surface area contributed by atoms with Gasteiger partial charge in [0.05, 0.1) is 11.6 Å². The molecule has 7 heteroatoms. The number of nitrogens with zero attached hydrogens (tertiary/aromatic N) is 1. The molecule has 0 aliphatic carbocycles. The number of amides is 1. The Morgan fingerprint density at radius 2 is 2.05 bits per heavy atom. The third-order valence-electron chi connectivity index (χ3n) is 2.77. The van der Waals surface area contributed by atoms with Crippen molar-refractivity contribution in [2.45, 2.75) is 19.3 Å². The van der Waals surface area contributed by atoms with E-state index in [9.17, 15) is 14.7 Å². The van der Waals surface area contributed by atoms with Crippen molar-refractivity contribution in [3.8, 4) is 0 Å². The fourth-order valence-electron chi connectivity index (χ4n) is 1.65. The van der Waals surface area contributed by atoms with Crippen LogP contribution in [0.4, 0.5) is 5.69 Å². The fourth-order valence-corrected chi connectivity index (χ4v) is 2.65. The van der Waals surface area contributed by atoms with Crippen LogP contribution >= 0.6 is 22.9 Å². The molecule has 1 aromatic heterocycles. The average molecular weight is 324 g/mol. The number of hydrogen-bond donors (Lipinski definition) is 1. The lowest BCUT2D eigenvalue weighted by molar-refractivity contribution is -0.304. The molecule has 0 saturated heterocycles. The van der Waals surface area contributed by atoms with Crippen molar-refractivity contribution in [3.63, 3.8) is 0 Å². The molecule has 110 valence electrons. The highest BCUT2D eigenvalue weighted by molar-refractivity contribution is 7.09. The molecular formula is C14H12ClN2O3S-. The summed E-state index contributed by atoms with van der Waals surface area (Å²) in [4.78, 5) is 26.8. The van der Waals surface area contributed by atoms with Crippen LogP contribution in [0.1, 0.15) is 23.5 Å². The minimum absolute atomic E-state index is 0.216. The predicted octanol–water partition coefficient (Wildman–Crippen LogP) is 1.83. The first-order chi connectivity index (χ1) is 9.95. The fraction of sp³-hybridized carbons (Fsp3) is 0.214. The molecule has 1 aromatic carbocycles. The molecule has 0 saturated carbocycles. The Morgan fingerprint density at radius 3 is 2.67 bits per heavy atom. The van der Waals surface area contributed by atoms with Crippen LogP contribution in [0.2, 0.25) is 5.02 Å². The van der Waals surface area contributed by atoms with Gasteiger partial charge in [-0.2, -0.15) is 0 Å². The molecule has 2 rings (SSSR count). The van der Waals surface area contributed by atoms with Crippen LogP contribution in [-0.2, 0) is 16.0 Å². The van der Waals surface area contributed by atoms with Crippen LogP contribution in [0.25, 0.3) is 0 Å². The first kappa shape index (κ1) is 15.5. The molecule has 0 aliphatic rings. The van der Waals surface area contributed by atoms with Gasteiger partial charge in [0.15, 0.2) is 0 Å². The molecule has 2 aromatic rings. The van der Waals surface area contributed by atoms with Gasteiger partial charge in [0, 0.05) is 28.5 Å². The second-order valence-electron chi connectivity index (χ2n) is 4.44. The van der Waals surface area contributed by atoms with E-state index < -0.39 is 11.9 Å². The Balaban J connectivity index is 2.03. The van der Waals surface area contributed by atoms with Crippen molar-refractivity contribution >= 4 is 40.5 Å². The topological polar surface area (TPSA) is 82.1 Å². The number of halogens is 1. The highest BCUT2D eigenvalue weighted by atomic mass is 35.5. The number of aliphatic carboxylic acids is 1. The van der Waals surface area contributed by atoms with E-state index in [4.69, 9.17) is 11.6 Å². The predicted molar refractivity (Wildman–Crippen MR) is 79.3 cm³/mol. The van der Waals surface area contributed by atoms with E-state index in [0.717, 1.165) is 0 Å². The van der Waals surface area contributed by atoms with Crippen LogP contribution in [0, 0.1) is 0 Å². The zero-order valence-corrected chi connectivity index (χ0v) is 12.7. The Morgan fingerprint density at radius 1 is 1.38 bits per heavy atom. The molecule has 1 atom stereocenters. The van der Waals surface area contributed by atoms with E-state index in [0.29, 0.717) is 21.4 Å². The lowest BCUT2D eigenvalue weighted by Gasteiger charge is -2.10. The van der Waals surface area contributed by atoms with Gasteiger partial charge in [-0.1, -0.05) is 11.6 Å². The molecule has 1 heterocycles. The normalized spacial score (nSPS) is 11.9. The highest BCUT2D eigenvalue weighted by Crippen LogP contribution is 2.22. The molecule has 21 heavy (non-hydrogen) atoms. The Kier molecular flexibility index (Phi) is 4.93. The van der Waals surface area contributed by atoms with E-state index in [1.165, 1.54) is 11.3 Å². The first-order valence-electron chi connectivity index (χ1n) is 6.16. The lowest BCUT2D eigenvalue weighted by atomic mass is 10.1. The van der Waals surface area contributed by atoms with Crippen molar-refractivity contribution in [1.29, 1.82) is 0 Å². The summed E-state index contributed by atoms with van der Waals surface area (Å²) >= 11 is 7.03. The number of nitrogens with one attached hydrogen (secondary N) is 1. The number of aromatic nitrogens is 1. The van der Waals surface area contributed by atoms with Crippen LogP contribution < -0.4 is 10.4 Å². The molecule has 1 amide bonds. The number of benzene rings is 1. The number of carboxylic acid groups (broad SMARTS) is 1. The van der Waals surface area contributed by atoms with E-state index in [1.807, 2.05) is 0 Å². The molecule has 0 radical (unpaired) electrons.